The van der Waals surface area contributed by atoms with E-state index in [9.17, 15) is 13.2 Å². The summed E-state index contributed by atoms with van der Waals surface area (Å²) in [6.45, 7) is 12.4. The fourth-order valence-electron chi connectivity index (χ4n) is 5.52. The van der Waals surface area contributed by atoms with E-state index in [2.05, 4.69) is 54.5 Å². The van der Waals surface area contributed by atoms with Crippen LogP contribution in [0.3, 0.4) is 0 Å². The second-order valence-electron chi connectivity index (χ2n) is 12.5. The van der Waals surface area contributed by atoms with Gasteiger partial charge in [0.05, 0.1) is 37.0 Å². The first-order valence-electron chi connectivity index (χ1n) is 14.7. The molecule has 0 radical (unpaired) electrons. The summed E-state index contributed by atoms with van der Waals surface area (Å²) in [4.78, 5) is 16.0. The molecule has 1 aromatic heterocycles. The second kappa shape index (κ2) is 12.1. The predicted octanol–water partition coefficient (Wildman–Crippen LogP) is 4.60. The highest BCUT2D eigenvalue weighted by molar-refractivity contribution is 7.92. The van der Waals surface area contributed by atoms with Crippen LogP contribution in [0.5, 0.6) is 5.75 Å². The molecule has 0 saturated carbocycles. The number of amides is 1. The quantitative estimate of drug-likeness (QED) is 0.335. The standard InChI is InChI=1S/C31H42N8O4S/c1-20-8-9-21(30(40)33-24-16-23(31(2,3)4)17-25(29(24)43-6)35-44(7,41)42)14-27(20)39-19-26(34-36-39)22-15-28(37(5)18-22)38-12-10-32-11-13-38/h8-9,14-18,26,32,35H,10-13,19H2,1-7H3,(H,33,40). The summed E-state index contributed by atoms with van der Waals surface area (Å²) < 4.78 is 34.4. The number of hydrogen-bond donors (Lipinski definition) is 3. The van der Waals surface area contributed by atoms with Gasteiger partial charge in [0.25, 0.3) is 5.91 Å². The summed E-state index contributed by atoms with van der Waals surface area (Å²) in [6, 6.07) is 11.1. The topological polar surface area (TPSA) is 133 Å². The molecule has 3 N–H and O–H groups in total. The molecule has 1 saturated heterocycles. The Morgan fingerprint density at radius 1 is 1.09 bits per heavy atom. The van der Waals surface area contributed by atoms with Gasteiger partial charge in [-0.05, 0) is 53.8 Å². The number of ether oxygens (including phenoxy) is 1. The molecule has 236 valence electrons. The van der Waals surface area contributed by atoms with Crippen molar-refractivity contribution in [2.24, 2.45) is 17.4 Å². The molecule has 2 aliphatic rings. The number of aryl methyl sites for hydroxylation is 2. The second-order valence-corrected chi connectivity index (χ2v) is 14.2. The average Bonchev–Trinajstić information content (AvgIpc) is 3.59. The first-order valence-corrected chi connectivity index (χ1v) is 16.5. The van der Waals surface area contributed by atoms with Crippen molar-refractivity contribution in [3.8, 4) is 5.75 Å². The van der Waals surface area contributed by atoms with Crippen molar-refractivity contribution < 1.29 is 17.9 Å². The molecule has 3 aromatic rings. The average molecular weight is 623 g/mol. The summed E-state index contributed by atoms with van der Waals surface area (Å²) in [5.74, 6) is 1.03. The SMILES string of the molecule is COc1c(NC(=O)c2ccc(C)c(N3CC(c4cc(N5CCNCC5)n(C)c4)N=N3)c2)cc(C(C)(C)C)cc1NS(C)(=O)=O. The maximum absolute atomic E-state index is 13.6. The lowest BCUT2D eigenvalue weighted by Crippen LogP contribution is -2.44. The number of piperazine rings is 1. The van der Waals surface area contributed by atoms with E-state index in [1.807, 2.05) is 44.8 Å². The third-order valence-electron chi connectivity index (χ3n) is 7.92. The number of hydrogen-bond acceptors (Lipinski definition) is 9. The van der Waals surface area contributed by atoms with Crippen LogP contribution in [0.2, 0.25) is 0 Å². The van der Waals surface area contributed by atoms with Crippen LogP contribution in [-0.2, 0) is 22.5 Å². The van der Waals surface area contributed by atoms with Crippen LogP contribution in [0, 0.1) is 6.92 Å². The monoisotopic (exact) mass is 622 g/mol. The summed E-state index contributed by atoms with van der Waals surface area (Å²) >= 11 is 0. The number of nitrogens with one attached hydrogen (secondary N) is 3. The third-order valence-corrected chi connectivity index (χ3v) is 8.51. The fourth-order valence-corrected chi connectivity index (χ4v) is 6.07. The molecule has 3 heterocycles. The summed E-state index contributed by atoms with van der Waals surface area (Å²) in [5, 5.41) is 17.2. The van der Waals surface area contributed by atoms with Gasteiger partial charge in [0.15, 0.2) is 5.75 Å². The van der Waals surface area contributed by atoms with Gasteiger partial charge < -0.3 is 24.8 Å². The number of sulfonamides is 1. The minimum absolute atomic E-state index is 0.125. The zero-order valence-electron chi connectivity index (χ0n) is 26.4. The minimum Gasteiger partial charge on any atom is -0.492 e. The molecule has 1 fully saturated rings. The normalized spacial score (nSPS) is 17.2. The number of aromatic nitrogens is 1. The summed E-state index contributed by atoms with van der Waals surface area (Å²) in [5.41, 5.74) is 4.40. The molecular weight excluding hydrogens is 580 g/mol. The van der Waals surface area contributed by atoms with Crippen molar-refractivity contribution in [2.75, 3.05) is 66.0 Å². The molecule has 13 heteroatoms. The smallest absolute Gasteiger partial charge is 0.255 e. The Bertz CT molecular complexity index is 1690. The Morgan fingerprint density at radius 2 is 1.80 bits per heavy atom. The number of carbonyl (C=O) groups excluding carboxylic acids is 1. The number of anilines is 4. The zero-order valence-corrected chi connectivity index (χ0v) is 27.2. The van der Waals surface area contributed by atoms with Gasteiger partial charge in [-0.3, -0.25) is 9.52 Å². The van der Waals surface area contributed by atoms with Crippen molar-refractivity contribution in [3.05, 3.63) is 64.8 Å². The van der Waals surface area contributed by atoms with Gasteiger partial charge in [-0.25, -0.2) is 13.4 Å². The van der Waals surface area contributed by atoms with Crippen molar-refractivity contribution >= 4 is 38.8 Å². The highest BCUT2D eigenvalue weighted by Crippen LogP contribution is 2.40. The highest BCUT2D eigenvalue weighted by Gasteiger charge is 2.27. The van der Waals surface area contributed by atoms with E-state index in [0.29, 0.717) is 17.8 Å². The fraction of sp³-hybridized carbons (Fsp3) is 0.452. The summed E-state index contributed by atoms with van der Waals surface area (Å²) in [6.07, 6.45) is 3.19. The van der Waals surface area contributed by atoms with Crippen molar-refractivity contribution in [1.82, 2.24) is 9.88 Å². The van der Waals surface area contributed by atoms with Crippen LogP contribution in [0.25, 0.3) is 0 Å². The lowest BCUT2D eigenvalue weighted by molar-refractivity contribution is 0.102. The van der Waals surface area contributed by atoms with Crippen molar-refractivity contribution in [1.29, 1.82) is 0 Å². The molecule has 44 heavy (non-hydrogen) atoms. The van der Waals surface area contributed by atoms with Gasteiger partial charge in [0.1, 0.15) is 11.9 Å². The Kier molecular flexibility index (Phi) is 8.63. The van der Waals surface area contributed by atoms with Gasteiger partial charge in [-0.15, -0.1) is 0 Å². The number of methoxy groups -OCH3 is 1. The lowest BCUT2D eigenvalue weighted by Gasteiger charge is -2.29. The third kappa shape index (κ3) is 6.83. The molecule has 0 spiro atoms. The van der Waals surface area contributed by atoms with Crippen LogP contribution in [0.1, 0.15) is 53.9 Å². The Balaban J connectivity index is 1.38. The molecule has 1 amide bonds. The van der Waals surface area contributed by atoms with Crippen LogP contribution < -0.4 is 30.0 Å². The molecule has 0 bridgehead atoms. The Morgan fingerprint density at radius 3 is 2.45 bits per heavy atom. The minimum atomic E-state index is -3.59. The van der Waals surface area contributed by atoms with Gasteiger partial charge >= 0.3 is 0 Å². The molecule has 0 aliphatic carbocycles. The van der Waals surface area contributed by atoms with Crippen molar-refractivity contribution in [2.45, 2.75) is 39.2 Å². The van der Waals surface area contributed by atoms with E-state index in [0.717, 1.165) is 54.8 Å². The van der Waals surface area contributed by atoms with Crippen LogP contribution >= 0.6 is 0 Å². The number of rotatable bonds is 8. The molecule has 12 nitrogen and oxygen atoms in total. The molecule has 5 rings (SSSR count). The molecule has 2 aliphatic heterocycles. The maximum Gasteiger partial charge on any atom is 0.255 e. The number of carbonyl (C=O) groups is 1. The summed E-state index contributed by atoms with van der Waals surface area (Å²) in [7, 11) is -0.0979. The van der Waals surface area contributed by atoms with E-state index in [1.165, 1.54) is 12.9 Å². The largest absolute Gasteiger partial charge is 0.492 e. The van der Waals surface area contributed by atoms with Crippen molar-refractivity contribution in [3.63, 3.8) is 0 Å². The van der Waals surface area contributed by atoms with Gasteiger partial charge in [0, 0.05) is 50.6 Å². The highest BCUT2D eigenvalue weighted by atomic mass is 32.2. The molecular formula is C31H42N8O4S. The molecule has 2 aromatic carbocycles. The van der Waals surface area contributed by atoms with Gasteiger partial charge in [-0.1, -0.05) is 32.1 Å². The Labute approximate surface area is 259 Å². The molecule has 1 atom stereocenters. The Hall–Kier alpha value is -4.10. The lowest BCUT2D eigenvalue weighted by atomic mass is 9.86. The van der Waals surface area contributed by atoms with E-state index in [4.69, 9.17) is 4.74 Å². The van der Waals surface area contributed by atoms with Crippen LogP contribution in [0.4, 0.5) is 22.9 Å². The van der Waals surface area contributed by atoms with E-state index >= 15 is 0 Å². The molecule has 1 unspecified atom stereocenters. The van der Waals surface area contributed by atoms with Crippen LogP contribution in [0.15, 0.2) is 52.9 Å². The maximum atomic E-state index is 13.6. The van der Waals surface area contributed by atoms with E-state index in [1.54, 1.807) is 18.2 Å². The first kappa shape index (κ1) is 31.3. The number of benzene rings is 2. The van der Waals surface area contributed by atoms with E-state index in [-0.39, 0.29) is 28.8 Å². The number of nitrogens with zero attached hydrogens (tertiary/aromatic N) is 5. The van der Waals surface area contributed by atoms with Gasteiger partial charge in [-0.2, -0.15) is 5.11 Å². The van der Waals surface area contributed by atoms with E-state index < -0.39 is 10.0 Å². The first-order chi connectivity index (χ1) is 20.7. The zero-order chi connectivity index (χ0) is 31.8. The predicted molar refractivity (Wildman–Crippen MR) is 175 cm³/mol. The van der Waals surface area contributed by atoms with Gasteiger partial charge in [0.2, 0.25) is 10.0 Å². The van der Waals surface area contributed by atoms with Crippen LogP contribution in [-0.4, -0.2) is 65.0 Å².